The lowest BCUT2D eigenvalue weighted by Gasteiger charge is -2.20. The van der Waals surface area contributed by atoms with Gasteiger partial charge in [-0.1, -0.05) is 66.7 Å². The molecule has 23 heavy (non-hydrogen) atoms. The third kappa shape index (κ3) is 3.95. The summed E-state index contributed by atoms with van der Waals surface area (Å²) in [5.74, 6) is 0.518. The second-order valence-corrected chi connectivity index (χ2v) is 5.07. The molecule has 0 bridgehead atoms. The van der Waals surface area contributed by atoms with Crippen LogP contribution in [-0.4, -0.2) is 11.0 Å². The smallest absolute Gasteiger partial charge is 0.321 e. The Kier molecular flexibility index (Phi) is 4.64. The quantitative estimate of drug-likeness (QED) is 0.765. The van der Waals surface area contributed by atoms with Crippen LogP contribution >= 0.6 is 0 Å². The highest BCUT2D eigenvalue weighted by molar-refractivity contribution is 5.88. The van der Waals surface area contributed by atoms with E-state index in [9.17, 15) is 4.79 Å². The van der Waals surface area contributed by atoms with E-state index in [1.807, 2.05) is 66.7 Å². The lowest BCUT2D eigenvalue weighted by atomic mass is 9.99. The van der Waals surface area contributed by atoms with E-state index in [0.717, 1.165) is 11.1 Å². The summed E-state index contributed by atoms with van der Waals surface area (Å²) in [5, 5.41) is 5.76. The molecule has 0 aliphatic rings. The van der Waals surface area contributed by atoms with Crippen molar-refractivity contribution in [1.29, 1.82) is 0 Å². The van der Waals surface area contributed by atoms with Gasteiger partial charge in [-0.05, 0) is 23.3 Å². The zero-order valence-corrected chi connectivity index (χ0v) is 12.5. The summed E-state index contributed by atoms with van der Waals surface area (Å²) in [4.78, 5) is 16.4. The van der Waals surface area contributed by atoms with Crippen LogP contribution in [0.25, 0.3) is 0 Å². The van der Waals surface area contributed by atoms with E-state index in [0.29, 0.717) is 5.82 Å². The molecule has 0 aliphatic heterocycles. The third-order valence-electron chi connectivity index (χ3n) is 3.45. The number of anilines is 1. The number of pyridine rings is 1. The number of nitrogens with zero attached hydrogens (tertiary/aromatic N) is 1. The van der Waals surface area contributed by atoms with Gasteiger partial charge < -0.3 is 5.32 Å². The Hall–Kier alpha value is -3.14. The number of urea groups is 1. The minimum absolute atomic E-state index is 0.221. The predicted molar refractivity (Wildman–Crippen MR) is 91.1 cm³/mol. The molecule has 1 heterocycles. The zero-order chi connectivity index (χ0) is 15.9. The predicted octanol–water partition coefficient (Wildman–Crippen LogP) is 3.99. The van der Waals surface area contributed by atoms with Crippen LogP contribution in [0, 0.1) is 0 Å². The fraction of sp³-hybridized carbons (Fsp3) is 0.0526. The summed E-state index contributed by atoms with van der Waals surface area (Å²) in [7, 11) is 0. The van der Waals surface area contributed by atoms with Gasteiger partial charge in [0.1, 0.15) is 5.82 Å². The molecular formula is C19H17N3O. The van der Waals surface area contributed by atoms with Crippen molar-refractivity contribution in [3.8, 4) is 0 Å². The molecule has 3 aromatic rings. The van der Waals surface area contributed by atoms with E-state index in [2.05, 4.69) is 15.6 Å². The molecule has 0 fully saturated rings. The second kappa shape index (κ2) is 7.22. The number of aromatic nitrogens is 1. The van der Waals surface area contributed by atoms with Crippen LogP contribution in [0.2, 0.25) is 0 Å². The molecule has 2 aromatic carbocycles. The molecule has 0 saturated carbocycles. The van der Waals surface area contributed by atoms with Crippen LogP contribution in [-0.2, 0) is 0 Å². The molecule has 114 valence electrons. The van der Waals surface area contributed by atoms with Crippen molar-refractivity contribution in [2.45, 2.75) is 6.04 Å². The summed E-state index contributed by atoms with van der Waals surface area (Å²) >= 11 is 0. The Morgan fingerprint density at radius 2 is 1.35 bits per heavy atom. The number of carbonyl (C=O) groups is 1. The maximum atomic E-state index is 12.3. The van der Waals surface area contributed by atoms with E-state index >= 15 is 0 Å². The normalized spacial score (nSPS) is 10.3. The molecule has 0 saturated heterocycles. The van der Waals surface area contributed by atoms with Crippen LogP contribution in [0.3, 0.4) is 0 Å². The Morgan fingerprint density at radius 1 is 0.783 bits per heavy atom. The maximum absolute atomic E-state index is 12.3. The van der Waals surface area contributed by atoms with Crippen molar-refractivity contribution in [2.75, 3.05) is 5.32 Å². The highest BCUT2D eigenvalue weighted by Gasteiger charge is 2.16. The number of amides is 2. The van der Waals surface area contributed by atoms with Gasteiger partial charge in [-0.2, -0.15) is 0 Å². The SMILES string of the molecule is O=C(Nc1ccccn1)NC(c1ccccc1)c1ccccc1. The topological polar surface area (TPSA) is 54.0 Å². The molecule has 0 atom stereocenters. The molecular weight excluding hydrogens is 286 g/mol. The largest absolute Gasteiger partial charge is 0.327 e. The first-order valence-corrected chi connectivity index (χ1v) is 7.41. The minimum atomic E-state index is -0.290. The first-order valence-electron chi connectivity index (χ1n) is 7.41. The lowest BCUT2D eigenvalue weighted by Crippen LogP contribution is -2.33. The summed E-state index contributed by atoms with van der Waals surface area (Å²) in [6.45, 7) is 0. The average Bonchev–Trinajstić information content (AvgIpc) is 2.62. The number of nitrogens with one attached hydrogen (secondary N) is 2. The molecule has 2 N–H and O–H groups in total. The summed E-state index contributed by atoms with van der Waals surface area (Å²) in [6.07, 6.45) is 1.64. The number of benzene rings is 2. The van der Waals surface area contributed by atoms with Crippen molar-refractivity contribution in [3.05, 3.63) is 96.2 Å². The Bertz CT molecular complexity index is 706. The van der Waals surface area contributed by atoms with Crippen molar-refractivity contribution < 1.29 is 4.79 Å². The summed E-state index contributed by atoms with van der Waals surface area (Å²) in [6, 6.07) is 24.6. The first kappa shape index (κ1) is 14.8. The van der Waals surface area contributed by atoms with Crippen LogP contribution in [0.1, 0.15) is 17.2 Å². The molecule has 0 unspecified atom stereocenters. The highest BCUT2D eigenvalue weighted by Crippen LogP contribution is 2.21. The van der Waals surface area contributed by atoms with Gasteiger partial charge in [-0.25, -0.2) is 9.78 Å². The summed E-state index contributed by atoms with van der Waals surface area (Å²) in [5.41, 5.74) is 2.05. The molecule has 0 aliphatic carbocycles. The third-order valence-corrected chi connectivity index (χ3v) is 3.45. The van der Waals surface area contributed by atoms with E-state index in [1.54, 1.807) is 18.3 Å². The van der Waals surface area contributed by atoms with E-state index in [-0.39, 0.29) is 12.1 Å². The van der Waals surface area contributed by atoms with Gasteiger partial charge in [-0.3, -0.25) is 5.32 Å². The van der Waals surface area contributed by atoms with Crippen molar-refractivity contribution in [1.82, 2.24) is 10.3 Å². The molecule has 4 nitrogen and oxygen atoms in total. The van der Waals surface area contributed by atoms with Gasteiger partial charge >= 0.3 is 6.03 Å². The molecule has 2 amide bonds. The number of hydrogen-bond donors (Lipinski definition) is 2. The highest BCUT2D eigenvalue weighted by atomic mass is 16.2. The number of carbonyl (C=O) groups excluding carboxylic acids is 1. The minimum Gasteiger partial charge on any atom is -0.327 e. The number of hydrogen-bond acceptors (Lipinski definition) is 2. The fourth-order valence-electron chi connectivity index (χ4n) is 2.37. The standard InChI is InChI=1S/C19H17N3O/c23-19(21-17-13-7-8-14-20-17)22-18(15-9-3-1-4-10-15)16-11-5-2-6-12-16/h1-14,18H,(H2,20,21,22,23). The number of rotatable bonds is 4. The average molecular weight is 303 g/mol. The molecule has 0 spiro atoms. The second-order valence-electron chi connectivity index (χ2n) is 5.07. The van der Waals surface area contributed by atoms with Crippen molar-refractivity contribution >= 4 is 11.8 Å². The molecule has 3 rings (SSSR count). The van der Waals surface area contributed by atoms with Crippen LogP contribution in [0.5, 0.6) is 0 Å². The summed E-state index contributed by atoms with van der Waals surface area (Å²) < 4.78 is 0. The van der Waals surface area contributed by atoms with Crippen LogP contribution < -0.4 is 10.6 Å². The van der Waals surface area contributed by atoms with Gasteiger partial charge in [0.05, 0.1) is 6.04 Å². The van der Waals surface area contributed by atoms with Crippen molar-refractivity contribution in [2.24, 2.45) is 0 Å². The van der Waals surface area contributed by atoms with Gasteiger partial charge in [0, 0.05) is 6.20 Å². The molecule has 1 aromatic heterocycles. The monoisotopic (exact) mass is 303 g/mol. The zero-order valence-electron chi connectivity index (χ0n) is 12.5. The van der Waals surface area contributed by atoms with Gasteiger partial charge in [0.15, 0.2) is 0 Å². The van der Waals surface area contributed by atoms with Crippen LogP contribution in [0.4, 0.5) is 10.6 Å². The fourth-order valence-corrected chi connectivity index (χ4v) is 2.37. The molecule has 0 radical (unpaired) electrons. The Labute approximate surface area is 135 Å². The maximum Gasteiger partial charge on any atom is 0.321 e. The Balaban J connectivity index is 1.81. The van der Waals surface area contributed by atoms with Gasteiger partial charge in [0.2, 0.25) is 0 Å². The van der Waals surface area contributed by atoms with Gasteiger partial charge in [0.25, 0.3) is 0 Å². The lowest BCUT2D eigenvalue weighted by molar-refractivity contribution is 0.250. The van der Waals surface area contributed by atoms with E-state index < -0.39 is 0 Å². The van der Waals surface area contributed by atoms with E-state index in [1.165, 1.54) is 0 Å². The van der Waals surface area contributed by atoms with E-state index in [4.69, 9.17) is 0 Å². The molecule has 4 heteroatoms. The van der Waals surface area contributed by atoms with Gasteiger partial charge in [-0.15, -0.1) is 0 Å². The van der Waals surface area contributed by atoms with Crippen molar-refractivity contribution in [3.63, 3.8) is 0 Å². The van der Waals surface area contributed by atoms with Crippen LogP contribution in [0.15, 0.2) is 85.1 Å². The Morgan fingerprint density at radius 3 is 1.87 bits per heavy atom. The first-order chi connectivity index (χ1) is 11.3.